The Bertz CT molecular complexity index is 972. The van der Waals surface area contributed by atoms with Crippen molar-refractivity contribution >= 4 is 17.2 Å². The van der Waals surface area contributed by atoms with Crippen LogP contribution >= 0.6 is 0 Å². The fraction of sp³-hybridized carbons (Fsp3) is 0.500. The summed E-state index contributed by atoms with van der Waals surface area (Å²) in [5, 5.41) is 25.6. The number of hydrogen-bond acceptors (Lipinski definition) is 7. The topological polar surface area (TPSA) is 117 Å². The van der Waals surface area contributed by atoms with Crippen molar-refractivity contribution in [3.05, 3.63) is 41.9 Å². The van der Waals surface area contributed by atoms with Gasteiger partial charge in [-0.15, -0.1) is 10.2 Å². The number of benzene rings is 1. The highest BCUT2D eigenvalue weighted by Crippen LogP contribution is 2.60. The summed E-state index contributed by atoms with van der Waals surface area (Å²) in [5.41, 5.74) is 1.61. The van der Waals surface area contributed by atoms with Gasteiger partial charge in [-0.2, -0.15) is 10.5 Å². The summed E-state index contributed by atoms with van der Waals surface area (Å²) in [5.74, 6) is 2.42. The molecule has 0 spiro atoms. The van der Waals surface area contributed by atoms with Crippen molar-refractivity contribution in [3.63, 3.8) is 0 Å². The summed E-state index contributed by atoms with van der Waals surface area (Å²) < 4.78 is 5.81. The Labute approximate surface area is 174 Å². The van der Waals surface area contributed by atoms with Crippen molar-refractivity contribution in [1.29, 1.82) is 5.26 Å². The van der Waals surface area contributed by atoms with E-state index in [9.17, 15) is 10.1 Å². The molecule has 8 heteroatoms. The first-order chi connectivity index (χ1) is 14.6. The standard InChI is InChI=1S/C22H24N6O2/c23-11-18(20-25-27-28-26-20)12-24-19-3-1-2-17(7-19)21(29)30-13-22-8-14-4-15(9-22)6-16(5-14)10-22/h1-3,7,12,14-16,24H,4-6,8-10,13H2,(H,25,26,27,28). The molecule has 0 radical (unpaired) electrons. The van der Waals surface area contributed by atoms with Gasteiger partial charge in [-0.1, -0.05) is 6.07 Å². The fourth-order valence-electron chi connectivity index (χ4n) is 6.08. The Morgan fingerprint density at radius 2 is 2.00 bits per heavy atom. The van der Waals surface area contributed by atoms with Crippen LogP contribution in [0.15, 0.2) is 30.5 Å². The fourth-order valence-corrected chi connectivity index (χ4v) is 6.08. The first-order valence-corrected chi connectivity index (χ1v) is 10.5. The predicted octanol–water partition coefficient (Wildman–Crippen LogP) is 3.55. The van der Waals surface area contributed by atoms with Crippen LogP contribution in [-0.2, 0) is 4.74 Å². The zero-order valence-electron chi connectivity index (χ0n) is 16.7. The molecule has 4 saturated carbocycles. The highest BCUT2D eigenvalue weighted by atomic mass is 16.5. The number of esters is 1. The summed E-state index contributed by atoms with van der Waals surface area (Å²) in [6.07, 6.45) is 9.27. The Kier molecular flexibility index (Phi) is 4.74. The van der Waals surface area contributed by atoms with Gasteiger partial charge >= 0.3 is 5.97 Å². The molecular formula is C22H24N6O2. The Hall–Kier alpha value is -3.21. The van der Waals surface area contributed by atoms with Gasteiger partial charge in [-0.25, -0.2) is 4.79 Å². The predicted molar refractivity (Wildman–Crippen MR) is 109 cm³/mol. The minimum absolute atomic E-state index is 0.204. The van der Waals surface area contributed by atoms with Crippen molar-refractivity contribution in [2.45, 2.75) is 38.5 Å². The van der Waals surface area contributed by atoms with Gasteiger partial charge in [-0.3, -0.25) is 0 Å². The van der Waals surface area contributed by atoms with E-state index in [2.05, 4.69) is 25.9 Å². The molecule has 1 aromatic carbocycles. The number of nitrogens with zero attached hydrogens (tertiary/aromatic N) is 4. The maximum absolute atomic E-state index is 12.7. The van der Waals surface area contributed by atoms with Crippen molar-refractivity contribution in [3.8, 4) is 6.07 Å². The Morgan fingerprint density at radius 3 is 2.63 bits per heavy atom. The number of hydrogen-bond donors (Lipinski definition) is 2. The summed E-state index contributed by atoms with van der Waals surface area (Å²) >= 11 is 0. The lowest BCUT2D eigenvalue weighted by atomic mass is 9.50. The molecule has 2 N–H and O–H groups in total. The lowest BCUT2D eigenvalue weighted by Gasteiger charge is -2.56. The SMILES string of the molecule is N#CC(=CNc1cccc(C(=O)OCC23CC4CC(CC(C4)C2)C3)c1)c1nn[nH]n1. The van der Waals surface area contributed by atoms with Crippen LogP contribution in [0.3, 0.4) is 0 Å². The van der Waals surface area contributed by atoms with E-state index in [1.54, 1.807) is 18.2 Å². The van der Waals surface area contributed by atoms with Crippen LogP contribution in [-0.4, -0.2) is 33.2 Å². The van der Waals surface area contributed by atoms with Crippen LogP contribution in [0.5, 0.6) is 0 Å². The normalized spacial score (nSPS) is 29.4. The van der Waals surface area contributed by atoms with Gasteiger partial charge in [0.25, 0.3) is 0 Å². The third-order valence-electron chi connectivity index (χ3n) is 6.86. The van der Waals surface area contributed by atoms with E-state index >= 15 is 0 Å². The molecule has 6 rings (SSSR count). The molecule has 8 nitrogen and oxygen atoms in total. The molecule has 2 aromatic rings. The number of anilines is 1. The van der Waals surface area contributed by atoms with E-state index in [-0.39, 0.29) is 22.8 Å². The number of aromatic nitrogens is 4. The van der Waals surface area contributed by atoms with Crippen molar-refractivity contribution in [1.82, 2.24) is 20.6 Å². The van der Waals surface area contributed by atoms with E-state index in [0.29, 0.717) is 17.9 Å². The average Bonchev–Trinajstić information content (AvgIpc) is 3.26. The monoisotopic (exact) mass is 404 g/mol. The quantitative estimate of drug-likeness (QED) is 0.558. The zero-order chi connectivity index (χ0) is 20.6. The Morgan fingerprint density at radius 1 is 1.27 bits per heavy atom. The maximum atomic E-state index is 12.7. The summed E-state index contributed by atoms with van der Waals surface area (Å²) in [6, 6.07) is 9.10. The van der Waals surface area contributed by atoms with Gasteiger partial charge in [0.2, 0.25) is 5.82 Å². The first-order valence-electron chi connectivity index (χ1n) is 10.5. The number of tetrazole rings is 1. The molecule has 30 heavy (non-hydrogen) atoms. The van der Waals surface area contributed by atoms with Crippen LogP contribution in [0.4, 0.5) is 5.69 Å². The van der Waals surface area contributed by atoms with Crippen LogP contribution in [0.25, 0.3) is 5.57 Å². The second kappa shape index (κ2) is 7.56. The lowest BCUT2D eigenvalue weighted by molar-refractivity contribution is -0.0848. The number of ether oxygens (including phenoxy) is 1. The number of rotatable bonds is 6. The number of carbonyl (C=O) groups is 1. The maximum Gasteiger partial charge on any atom is 0.338 e. The zero-order valence-corrected chi connectivity index (χ0v) is 16.7. The molecule has 1 heterocycles. The third kappa shape index (κ3) is 3.67. The van der Waals surface area contributed by atoms with Gasteiger partial charge in [0.1, 0.15) is 11.6 Å². The van der Waals surface area contributed by atoms with E-state index in [4.69, 9.17) is 4.74 Å². The van der Waals surface area contributed by atoms with Gasteiger partial charge < -0.3 is 10.1 Å². The molecule has 4 aliphatic carbocycles. The van der Waals surface area contributed by atoms with E-state index in [1.165, 1.54) is 44.7 Å². The molecule has 4 bridgehead atoms. The minimum Gasteiger partial charge on any atom is -0.462 e. The number of H-pyrrole nitrogens is 1. The van der Waals surface area contributed by atoms with Gasteiger partial charge in [0.05, 0.1) is 12.2 Å². The highest BCUT2D eigenvalue weighted by molar-refractivity contribution is 5.90. The van der Waals surface area contributed by atoms with Crippen molar-refractivity contribution in [2.24, 2.45) is 23.2 Å². The molecule has 0 aliphatic heterocycles. The third-order valence-corrected chi connectivity index (χ3v) is 6.86. The van der Waals surface area contributed by atoms with E-state index in [0.717, 1.165) is 17.8 Å². The van der Waals surface area contributed by atoms with Crippen molar-refractivity contribution in [2.75, 3.05) is 11.9 Å². The van der Waals surface area contributed by atoms with E-state index < -0.39 is 0 Å². The lowest BCUT2D eigenvalue weighted by Crippen LogP contribution is -2.48. The average molecular weight is 404 g/mol. The molecule has 1 aromatic heterocycles. The number of carbonyl (C=O) groups excluding carboxylic acids is 1. The number of nitrogens with one attached hydrogen (secondary N) is 2. The highest BCUT2D eigenvalue weighted by Gasteiger charge is 2.51. The molecule has 0 amide bonds. The molecular weight excluding hydrogens is 380 g/mol. The molecule has 154 valence electrons. The summed E-state index contributed by atoms with van der Waals surface area (Å²) in [6.45, 7) is 0.531. The number of aromatic amines is 1. The minimum atomic E-state index is -0.294. The second-order valence-corrected chi connectivity index (χ2v) is 9.12. The molecule has 4 aliphatic rings. The smallest absolute Gasteiger partial charge is 0.338 e. The van der Waals surface area contributed by atoms with Gasteiger partial charge in [0.15, 0.2) is 0 Å². The summed E-state index contributed by atoms with van der Waals surface area (Å²) in [7, 11) is 0. The van der Waals surface area contributed by atoms with Crippen LogP contribution < -0.4 is 5.32 Å². The largest absolute Gasteiger partial charge is 0.462 e. The van der Waals surface area contributed by atoms with Crippen molar-refractivity contribution < 1.29 is 9.53 Å². The van der Waals surface area contributed by atoms with E-state index in [1.807, 2.05) is 12.1 Å². The molecule has 4 fully saturated rings. The van der Waals surface area contributed by atoms with Crippen LogP contribution in [0, 0.1) is 34.5 Å². The Balaban J connectivity index is 1.23. The van der Waals surface area contributed by atoms with Crippen LogP contribution in [0.1, 0.15) is 54.7 Å². The van der Waals surface area contributed by atoms with Gasteiger partial charge in [0, 0.05) is 17.3 Å². The van der Waals surface area contributed by atoms with Gasteiger partial charge in [-0.05, 0) is 79.7 Å². The number of nitriles is 1. The van der Waals surface area contributed by atoms with Crippen LogP contribution in [0.2, 0.25) is 0 Å². The number of allylic oxidation sites excluding steroid dienone is 1. The molecule has 0 saturated heterocycles. The molecule has 0 atom stereocenters. The summed E-state index contributed by atoms with van der Waals surface area (Å²) in [4.78, 5) is 12.7. The molecule has 0 unspecified atom stereocenters. The first kappa shape index (κ1) is 18.8. The second-order valence-electron chi connectivity index (χ2n) is 9.12.